The molecule has 1 aromatic carbocycles. The fourth-order valence-corrected chi connectivity index (χ4v) is 6.06. The second-order valence-electron chi connectivity index (χ2n) is 9.22. The minimum atomic E-state index is -1.00. The molecule has 0 saturated heterocycles. The van der Waals surface area contributed by atoms with Crippen molar-refractivity contribution in [1.29, 1.82) is 0 Å². The minimum Gasteiger partial charge on any atom is -0.385 e. The van der Waals surface area contributed by atoms with Gasteiger partial charge in [-0.2, -0.15) is 0 Å². The van der Waals surface area contributed by atoms with Gasteiger partial charge in [0.25, 0.3) is 17.7 Å². The molecular formula is C26H31N3O5S. The number of hydrogen-bond acceptors (Lipinski definition) is 6. The third kappa shape index (κ3) is 4.88. The van der Waals surface area contributed by atoms with Crippen molar-refractivity contribution < 1.29 is 23.9 Å². The Balaban J connectivity index is 1.61. The van der Waals surface area contributed by atoms with E-state index in [1.54, 1.807) is 45.2 Å². The molecule has 0 unspecified atom stereocenters. The summed E-state index contributed by atoms with van der Waals surface area (Å²) in [4.78, 5) is 55.0. The lowest BCUT2D eigenvalue weighted by Crippen LogP contribution is -2.50. The molecule has 9 heteroatoms. The van der Waals surface area contributed by atoms with Gasteiger partial charge < -0.3 is 15.4 Å². The van der Waals surface area contributed by atoms with Crippen LogP contribution in [-0.4, -0.2) is 54.8 Å². The zero-order chi connectivity index (χ0) is 25.1. The number of rotatable bonds is 9. The van der Waals surface area contributed by atoms with E-state index in [9.17, 15) is 19.2 Å². The van der Waals surface area contributed by atoms with Gasteiger partial charge in [-0.05, 0) is 55.7 Å². The van der Waals surface area contributed by atoms with E-state index in [1.165, 1.54) is 11.3 Å². The van der Waals surface area contributed by atoms with Crippen molar-refractivity contribution in [3.8, 4) is 0 Å². The first-order valence-electron chi connectivity index (χ1n) is 12.0. The molecule has 0 fully saturated rings. The lowest BCUT2D eigenvalue weighted by molar-refractivity contribution is -0.121. The number of thiophene rings is 1. The second kappa shape index (κ2) is 10.7. The van der Waals surface area contributed by atoms with Gasteiger partial charge in [0, 0.05) is 25.1 Å². The van der Waals surface area contributed by atoms with Crippen LogP contribution in [0, 0.1) is 5.92 Å². The molecular weight excluding hydrogens is 466 g/mol. The van der Waals surface area contributed by atoms with Crippen LogP contribution in [-0.2, 0) is 22.4 Å². The molecule has 0 bridgehead atoms. The number of ether oxygens (including phenoxy) is 1. The topological polar surface area (TPSA) is 105 Å². The van der Waals surface area contributed by atoms with E-state index in [0.29, 0.717) is 41.3 Å². The molecule has 0 saturated carbocycles. The number of amides is 4. The number of benzene rings is 1. The molecule has 4 amide bonds. The highest BCUT2D eigenvalue weighted by atomic mass is 32.1. The predicted molar refractivity (Wildman–Crippen MR) is 134 cm³/mol. The largest absolute Gasteiger partial charge is 0.385 e. The van der Waals surface area contributed by atoms with Crippen molar-refractivity contribution in [2.24, 2.45) is 5.92 Å². The van der Waals surface area contributed by atoms with Crippen LogP contribution in [0.1, 0.15) is 74.6 Å². The van der Waals surface area contributed by atoms with Gasteiger partial charge in [-0.1, -0.05) is 26.0 Å². The molecule has 35 heavy (non-hydrogen) atoms. The van der Waals surface area contributed by atoms with Crippen LogP contribution in [0.3, 0.4) is 0 Å². The highest BCUT2D eigenvalue weighted by Crippen LogP contribution is 2.39. The third-order valence-corrected chi connectivity index (χ3v) is 7.66. The maximum Gasteiger partial charge on any atom is 0.262 e. The van der Waals surface area contributed by atoms with E-state index in [-0.39, 0.29) is 11.8 Å². The third-order valence-electron chi connectivity index (χ3n) is 6.45. The Kier molecular flexibility index (Phi) is 7.66. The van der Waals surface area contributed by atoms with Crippen molar-refractivity contribution in [1.82, 2.24) is 10.2 Å². The number of imide groups is 1. The van der Waals surface area contributed by atoms with Gasteiger partial charge in [0.2, 0.25) is 5.91 Å². The molecule has 1 aliphatic carbocycles. The number of hydrogen-bond donors (Lipinski definition) is 2. The summed E-state index contributed by atoms with van der Waals surface area (Å²) in [6, 6.07) is 5.60. The molecule has 1 aliphatic heterocycles. The standard InChI is InChI=1S/C26H31N3O5S/c1-15(2)21(29-25(32)16-9-4-5-10-17(16)26(29)33)23(31)28-24-20(22(30)27-13-8-14-34-3)18-11-6-7-12-19(18)35-24/h4-5,9-10,15,21H,6-8,11-14H2,1-3H3,(H,27,30)(H,28,31)/t21-/m1/s1. The summed E-state index contributed by atoms with van der Waals surface area (Å²) in [7, 11) is 1.62. The average Bonchev–Trinajstić information content (AvgIpc) is 3.32. The van der Waals surface area contributed by atoms with E-state index in [2.05, 4.69) is 10.6 Å². The predicted octanol–water partition coefficient (Wildman–Crippen LogP) is 3.65. The second-order valence-corrected chi connectivity index (χ2v) is 10.3. The van der Waals surface area contributed by atoms with Crippen LogP contribution >= 0.6 is 11.3 Å². The first-order valence-corrected chi connectivity index (χ1v) is 12.9. The van der Waals surface area contributed by atoms with Gasteiger partial charge in [-0.25, -0.2) is 0 Å². The maximum absolute atomic E-state index is 13.6. The van der Waals surface area contributed by atoms with E-state index in [1.807, 2.05) is 0 Å². The number of nitrogens with one attached hydrogen (secondary N) is 2. The SMILES string of the molecule is COCCCNC(=O)c1c(NC(=O)[C@@H](C(C)C)N2C(=O)c3ccccc3C2=O)sc2c1CCCC2. The molecule has 2 aliphatic rings. The zero-order valence-corrected chi connectivity index (χ0v) is 21.1. The summed E-state index contributed by atoms with van der Waals surface area (Å²) >= 11 is 1.42. The van der Waals surface area contributed by atoms with Gasteiger partial charge in [0.15, 0.2) is 0 Å². The lowest BCUT2D eigenvalue weighted by Gasteiger charge is -2.28. The van der Waals surface area contributed by atoms with Crippen LogP contribution in [0.4, 0.5) is 5.00 Å². The Morgan fingerprint density at radius 3 is 2.37 bits per heavy atom. The van der Waals surface area contributed by atoms with Crippen molar-refractivity contribution in [3.05, 3.63) is 51.4 Å². The molecule has 2 heterocycles. The first-order chi connectivity index (χ1) is 16.8. The lowest BCUT2D eigenvalue weighted by atomic mass is 9.95. The molecule has 1 atom stereocenters. The fraction of sp³-hybridized carbons (Fsp3) is 0.462. The van der Waals surface area contributed by atoms with Gasteiger partial charge in [0.1, 0.15) is 11.0 Å². The highest BCUT2D eigenvalue weighted by Gasteiger charge is 2.44. The summed E-state index contributed by atoms with van der Waals surface area (Å²) in [5.74, 6) is -1.96. The molecule has 0 spiro atoms. The molecule has 0 radical (unpaired) electrons. The van der Waals surface area contributed by atoms with Crippen LogP contribution in [0.5, 0.6) is 0 Å². The molecule has 186 valence electrons. The van der Waals surface area contributed by atoms with Crippen LogP contribution in [0.15, 0.2) is 24.3 Å². The number of aryl methyl sites for hydroxylation is 1. The number of anilines is 1. The zero-order valence-electron chi connectivity index (χ0n) is 20.3. The normalized spacial score (nSPS) is 15.7. The number of carbonyl (C=O) groups excluding carboxylic acids is 4. The van der Waals surface area contributed by atoms with Crippen LogP contribution in [0.25, 0.3) is 0 Å². The highest BCUT2D eigenvalue weighted by molar-refractivity contribution is 7.17. The van der Waals surface area contributed by atoms with Gasteiger partial charge in [-0.15, -0.1) is 11.3 Å². The fourth-order valence-electron chi connectivity index (χ4n) is 4.77. The molecule has 2 N–H and O–H groups in total. The van der Waals surface area contributed by atoms with E-state index >= 15 is 0 Å². The van der Waals surface area contributed by atoms with Crippen molar-refractivity contribution in [3.63, 3.8) is 0 Å². The van der Waals surface area contributed by atoms with E-state index in [0.717, 1.165) is 41.0 Å². The van der Waals surface area contributed by atoms with Crippen molar-refractivity contribution >= 4 is 40.0 Å². The van der Waals surface area contributed by atoms with Crippen molar-refractivity contribution in [2.45, 2.75) is 52.0 Å². The monoisotopic (exact) mass is 497 g/mol. The summed E-state index contributed by atoms with van der Waals surface area (Å²) in [6.45, 7) is 4.61. The van der Waals surface area contributed by atoms with Gasteiger partial charge >= 0.3 is 0 Å². The molecule has 2 aromatic rings. The number of nitrogens with zero attached hydrogens (tertiary/aromatic N) is 1. The Hall–Kier alpha value is -3.04. The molecule has 1 aromatic heterocycles. The summed E-state index contributed by atoms with van der Waals surface area (Å²) in [6.07, 6.45) is 4.37. The summed E-state index contributed by atoms with van der Waals surface area (Å²) < 4.78 is 5.05. The van der Waals surface area contributed by atoms with E-state index < -0.39 is 23.8 Å². The van der Waals surface area contributed by atoms with Crippen LogP contribution in [0.2, 0.25) is 0 Å². The molecule has 8 nitrogen and oxygen atoms in total. The van der Waals surface area contributed by atoms with Gasteiger partial charge in [-0.3, -0.25) is 24.1 Å². The average molecular weight is 498 g/mol. The smallest absolute Gasteiger partial charge is 0.262 e. The quantitative estimate of drug-likeness (QED) is 0.406. The number of methoxy groups -OCH3 is 1. The molecule has 4 rings (SSSR count). The van der Waals surface area contributed by atoms with Crippen molar-refractivity contribution in [2.75, 3.05) is 25.6 Å². The Morgan fingerprint density at radius 1 is 1.09 bits per heavy atom. The first kappa shape index (κ1) is 25.1. The number of carbonyl (C=O) groups is 4. The maximum atomic E-state index is 13.6. The van der Waals surface area contributed by atoms with Gasteiger partial charge in [0.05, 0.1) is 16.7 Å². The van der Waals surface area contributed by atoms with Crippen LogP contribution < -0.4 is 10.6 Å². The Bertz CT molecular complexity index is 1120. The minimum absolute atomic E-state index is 0.224. The Labute approximate surface area is 209 Å². The summed E-state index contributed by atoms with van der Waals surface area (Å²) in [5, 5.41) is 6.34. The number of fused-ring (bicyclic) bond motifs is 2. The summed E-state index contributed by atoms with van der Waals surface area (Å²) in [5.41, 5.74) is 2.10. The Morgan fingerprint density at radius 2 is 1.74 bits per heavy atom. The van der Waals surface area contributed by atoms with E-state index in [4.69, 9.17) is 4.74 Å².